The highest BCUT2D eigenvalue weighted by Crippen LogP contribution is 2.18. The van der Waals surface area contributed by atoms with E-state index in [2.05, 4.69) is 0 Å². The van der Waals surface area contributed by atoms with E-state index in [0.717, 1.165) is 0 Å². The Kier molecular flexibility index (Phi) is 4.17. The normalized spacial score (nSPS) is 11.9. The summed E-state index contributed by atoms with van der Waals surface area (Å²) in [4.78, 5) is 12.1. The van der Waals surface area contributed by atoms with Crippen molar-refractivity contribution in [3.05, 3.63) is 64.9 Å². The van der Waals surface area contributed by atoms with E-state index in [1.807, 2.05) is 0 Å². The first-order valence-electron chi connectivity index (χ1n) is 5.78. The molecule has 0 bridgehead atoms. The molecular formula is C15H12ClFO2. The van der Waals surface area contributed by atoms with Crippen molar-refractivity contribution in [3.63, 3.8) is 0 Å². The summed E-state index contributed by atoms with van der Waals surface area (Å²) < 4.78 is 18.3. The first-order chi connectivity index (χ1) is 9.06. The maximum Gasteiger partial charge on any atom is 0.202 e. The molecule has 0 unspecified atom stereocenters. The Bertz CT molecular complexity index is 564. The van der Waals surface area contributed by atoms with Gasteiger partial charge in [-0.2, -0.15) is 0 Å². The van der Waals surface area contributed by atoms with E-state index in [1.54, 1.807) is 31.2 Å². The molecule has 0 radical (unpaired) electrons. The lowest BCUT2D eigenvalue weighted by atomic mass is 10.1. The summed E-state index contributed by atoms with van der Waals surface area (Å²) in [5.74, 6) is -0.00913. The molecule has 2 rings (SSSR count). The van der Waals surface area contributed by atoms with Crippen LogP contribution in [0.3, 0.4) is 0 Å². The van der Waals surface area contributed by atoms with E-state index in [1.165, 1.54) is 24.3 Å². The van der Waals surface area contributed by atoms with E-state index in [0.29, 0.717) is 16.3 Å². The third-order valence-electron chi connectivity index (χ3n) is 2.62. The number of benzene rings is 2. The molecule has 0 N–H and O–H groups in total. The quantitative estimate of drug-likeness (QED) is 0.786. The monoisotopic (exact) mass is 278 g/mol. The van der Waals surface area contributed by atoms with Gasteiger partial charge in [0, 0.05) is 10.6 Å². The van der Waals surface area contributed by atoms with Gasteiger partial charge in [0.25, 0.3) is 0 Å². The lowest BCUT2D eigenvalue weighted by molar-refractivity contribution is 0.0818. The molecule has 2 aromatic carbocycles. The number of carbonyl (C=O) groups excluding carboxylic acids is 1. The van der Waals surface area contributed by atoms with Gasteiger partial charge in [-0.25, -0.2) is 4.39 Å². The van der Waals surface area contributed by atoms with Crippen molar-refractivity contribution in [2.45, 2.75) is 13.0 Å². The van der Waals surface area contributed by atoms with Gasteiger partial charge < -0.3 is 4.74 Å². The average molecular weight is 279 g/mol. The van der Waals surface area contributed by atoms with Crippen LogP contribution in [0.15, 0.2) is 48.5 Å². The molecule has 0 heterocycles. The van der Waals surface area contributed by atoms with Gasteiger partial charge in [-0.3, -0.25) is 4.79 Å². The number of hydrogen-bond acceptors (Lipinski definition) is 2. The number of ketones is 1. The lowest BCUT2D eigenvalue weighted by Gasteiger charge is -2.13. The van der Waals surface area contributed by atoms with Gasteiger partial charge in [0.1, 0.15) is 11.6 Å². The minimum atomic E-state index is -0.647. The summed E-state index contributed by atoms with van der Waals surface area (Å²) in [6, 6.07) is 12.1. The van der Waals surface area contributed by atoms with E-state index in [4.69, 9.17) is 16.3 Å². The number of carbonyl (C=O) groups is 1. The van der Waals surface area contributed by atoms with Crippen molar-refractivity contribution in [1.82, 2.24) is 0 Å². The molecule has 2 nitrogen and oxygen atoms in total. The van der Waals surface area contributed by atoms with E-state index >= 15 is 0 Å². The molecule has 2 aromatic rings. The molecular weight excluding hydrogens is 267 g/mol. The van der Waals surface area contributed by atoms with Gasteiger partial charge in [0.05, 0.1) is 0 Å². The first-order valence-corrected chi connectivity index (χ1v) is 6.16. The molecule has 98 valence electrons. The van der Waals surface area contributed by atoms with Crippen LogP contribution < -0.4 is 4.74 Å². The number of rotatable bonds is 4. The third-order valence-corrected chi connectivity index (χ3v) is 2.88. The predicted molar refractivity (Wildman–Crippen MR) is 72.3 cm³/mol. The van der Waals surface area contributed by atoms with Crippen LogP contribution in [0.2, 0.25) is 5.02 Å². The molecule has 0 saturated heterocycles. The molecule has 0 aromatic heterocycles. The Morgan fingerprint density at radius 2 is 1.68 bits per heavy atom. The number of ether oxygens (including phenoxy) is 1. The second-order valence-electron chi connectivity index (χ2n) is 4.09. The Morgan fingerprint density at radius 1 is 1.11 bits per heavy atom. The average Bonchev–Trinajstić information content (AvgIpc) is 2.41. The fraction of sp³-hybridized carbons (Fsp3) is 0.133. The van der Waals surface area contributed by atoms with E-state index in [-0.39, 0.29) is 11.6 Å². The molecule has 0 amide bonds. The Balaban J connectivity index is 2.07. The number of hydrogen-bond donors (Lipinski definition) is 0. The van der Waals surface area contributed by atoms with Crippen molar-refractivity contribution in [3.8, 4) is 5.75 Å². The summed E-state index contributed by atoms with van der Waals surface area (Å²) in [6.45, 7) is 1.65. The molecule has 0 aliphatic heterocycles. The van der Waals surface area contributed by atoms with Crippen LogP contribution >= 0.6 is 11.6 Å². The Morgan fingerprint density at radius 3 is 2.26 bits per heavy atom. The second-order valence-corrected chi connectivity index (χ2v) is 4.52. The zero-order valence-electron chi connectivity index (χ0n) is 10.3. The molecule has 4 heteroatoms. The highest BCUT2D eigenvalue weighted by atomic mass is 35.5. The summed E-state index contributed by atoms with van der Waals surface area (Å²) in [5.41, 5.74) is 0.419. The minimum absolute atomic E-state index is 0.199. The third kappa shape index (κ3) is 3.55. The van der Waals surface area contributed by atoms with Crippen LogP contribution in [-0.2, 0) is 0 Å². The molecule has 1 atom stereocenters. The second kappa shape index (κ2) is 5.85. The Hall–Kier alpha value is -1.87. The van der Waals surface area contributed by atoms with Crippen molar-refractivity contribution in [2.24, 2.45) is 0 Å². The highest BCUT2D eigenvalue weighted by molar-refractivity contribution is 6.30. The number of Topliss-reactive ketones (excluding diaryl/α,β-unsaturated/α-hetero) is 1. The molecule has 0 aliphatic rings. The fourth-order valence-corrected chi connectivity index (χ4v) is 1.75. The zero-order chi connectivity index (χ0) is 13.8. The summed E-state index contributed by atoms with van der Waals surface area (Å²) in [5, 5.41) is 0.602. The van der Waals surface area contributed by atoms with Crippen LogP contribution in [0, 0.1) is 5.82 Å². The van der Waals surface area contributed by atoms with E-state index < -0.39 is 6.10 Å². The van der Waals surface area contributed by atoms with Gasteiger partial charge in [-0.05, 0) is 55.5 Å². The minimum Gasteiger partial charge on any atom is -0.483 e. The largest absolute Gasteiger partial charge is 0.483 e. The maximum absolute atomic E-state index is 12.8. The highest BCUT2D eigenvalue weighted by Gasteiger charge is 2.16. The zero-order valence-corrected chi connectivity index (χ0v) is 11.0. The van der Waals surface area contributed by atoms with Crippen LogP contribution in [0.25, 0.3) is 0 Å². The van der Waals surface area contributed by atoms with Gasteiger partial charge >= 0.3 is 0 Å². The predicted octanol–water partition coefficient (Wildman–Crippen LogP) is 4.13. The number of halogens is 2. The smallest absolute Gasteiger partial charge is 0.202 e. The van der Waals surface area contributed by atoms with Crippen LogP contribution in [-0.4, -0.2) is 11.9 Å². The summed E-state index contributed by atoms with van der Waals surface area (Å²) >= 11 is 5.76. The molecule has 0 fully saturated rings. The topological polar surface area (TPSA) is 26.3 Å². The van der Waals surface area contributed by atoms with Crippen LogP contribution in [0.5, 0.6) is 5.75 Å². The molecule has 19 heavy (non-hydrogen) atoms. The van der Waals surface area contributed by atoms with Crippen molar-refractivity contribution in [2.75, 3.05) is 0 Å². The van der Waals surface area contributed by atoms with Crippen LogP contribution in [0.4, 0.5) is 4.39 Å². The van der Waals surface area contributed by atoms with Gasteiger partial charge in [0.2, 0.25) is 5.78 Å². The van der Waals surface area contributed by atoms with E-state index in [9.17, 15) is 9.18 Å². The van der Waals surface area contributed by atoms with Gasteiger partial charge in [-0.15, -0.1) is 0 Å². The molecule has 0 spiro atoms. The SMILES string of the molecule is C[C@@H](Oc1ccc(Cl)cc1)C(=O)c1ccc(F)cc1. The van der Waals surface area contributed by atoms with Crippen molar-refractivity contribution >= 4 is 17.4 Å². The van der Waals surface area contributed by atoms with Crippen molar-refractivity contribution in [1.29, 1.82) is 0 Å². The summed E-state index contributed by atoms with van der Waals surface area (Å²) in [7, 11) is 0. The maximum atomic E-state index is 12.8. The first kappa shape index (κ1) is 13.6. The summed E-state index contributed by atoms with van der Waals surface area (Å²) in [6.07, 6.45) is -0.647. The molecule has 0 saturated carbocycles. The van der Waals surface area contributed by atoms with Crippen molar-refractivity contribution < 1.29 is 13.9 Å². The Labute approximate surface area is 115 Å². The molecule has 0 aliphatic carbocycles. The standard InChI is InChI=1S/C15H12ClFO2/c1-10(19-14-8-4-12(16)5-9-14)15(18)11-2-6-13(17)7-3-11/h2-10H,1H3/t10-/m1/s1. The fourth-order valence-electron chi connectivity index (χ4n) is 1.62. The van der Waals surface area contributed by atoms with Gasteiger partial charge in [-0.1, -0.05) is 11.6 Å². The lowest BCUT2D eigenvalue weighted by Crippen LogP contribution is -2.23. The van der Waals surface area contributed by atoms with Crippen LogP contribution in [0.1, 0.15) is 17.3 Å². The van der Waals surface area contributed by atoms with Gasteiger partial charge in [0.15, 0.2) is 6.10 Å².